The van der Waals surface area contributed by atoms with Gasteiger partial charge in [-0.05, 0) is 83.7 Å². The summed E-state index contributed by atoms with van der Waals surface area (Å²) in [6.07, 6.45) is 19.0. The molecular formula is C35H50. The maximum absolute atomic E-state index is 5.89. The summed E-state index contributed by atoms with van der Waals surface area (Å²) in [6.45, 7) is 14.3. The van der Waals surface area contributed by atoms with Crippen LogP contribution in [0.3, 0.4) is 0 Å². The van der Waals surface area contributed by atoms with E-state index in [1.165, 1.54) is 80.9 Å². The van der Waals surface area contributed by atoms with E-state index in [0.717, 1.165) is 29.2 Å². The average molecular weight is 471 g/mol. The van der Waals surface area contributed by atoms with Crippen molar-refractivity contribution < 1.29 is 0 Å². The van der Waals surface area contributed by atoms with Gasteiger partial charge in [-0.3, -0.25) is 0 Å². The molecule has 0 radical (unpaired) electrons. The molecule has 0 N–H and O–H groups in total. The van der Waals surface area contributed by atoms with Gasteiger partial charge in [-0.2, -0.15) is 0 Å². The van der Waals surface area contributed by atoms with Crippen LogP contribution in [0.15, 0.2) is 42.5 Å². The molecule has 2 unspecified atom stereocenters. The first-order valence-electron chi connectivity index (χ1n) is 14.5. The summed E-state index contributed by atoms with van der Waals surface area (Å²) in [4.78, 5) is 0. The van der Waals surface area contributed by atoms with Crippen molar-refractivity contribution in [1.82, 2.24) is 0 Å². The van der Waals surface area contributed by atoms with Gasteiger partial charge in [-0.25, -0.2) is 0 Å². The Kier molecular flexibility index (Phi) is 10.1. The zero-order valence-corrected chi connectivity index (χ0v) is 23.5. The van der Waals surface area contributed by atoms with Crippen LogP contribution in [0.25, 0.3) is 11.1 Å². The van der Waals surface area contributed by atoms with Crippen molar-refractivity contribution in [1.29, 1.82) is 0 Å². The van der Waals surface area contributed by atoms with Crippen molar-refractivity contribution in [2.45, 2.75) is 111 Å². The van der Waals surface area contributed by atoms with Crippen molar-refractivity contribution >= 4 is 0 Å². The zero-order valence-electron chi connectivity index (χ0n) is 23.5. The first-order valence-corrected chi connectivity index (χ1v) is 14.5. The van der Waals surface area contributed by atoms with E-state index >= 15 is 0 Å². The van der Waals surface area contributed by atoms with E-state index in [4.69, 9.17) is 6.42 Å². The van der Waals surface area contributed by atoms with Gasteiger partial charge in [0, 0.05) is 11.0 Å². The summed E-state index contributed by atoms with van der Waals surface area (Å²) >= 11 is 0. The molecule has 0 fully saturated rings. The van der Waals surface area contributed by atoms with Crippen LogP contribution in [0.2, 0.25) is 0 Å². The summed E-state index contributed by atoms with van der Waals surface area (Å²) in [5, 5.41) is 0. The highest BCUT2D eigenvalue weighted by Crippen LogP contribution is 2.54. The van der Waals surface area contributed by atoms with Gasteiger partial charge in [0.05, 0.1) is 0 Å². The zero-order chi connectivity index (χ0) is 25.4. The number of terminal acetylenes is 1. The Labute approximate surface area is 217 Å². The van der Waals surface area contributed by atoms with Crippen LogP contribution in [0.4, 0.5) is 0 Å². The smallest absolute Gasteiger partial charge is 0.0246 e. The third-order valence-electron chi connectivity index (χ3n) is 8.52. The highest BCUT2D eigenvalue weighted by Gasteiger charge is 2.42. The molecule has 3 rings (SSSR count). The molecule has 0 nitrogen and oxygen atoms in total. The minimum Gasteiger partial charge on any atom is -0.115 e. The van der Waals surface area contributed by atoms with Crippen molar-refractivity contribution in [3.8, 4) is 23.5 Å². The summed E-state index contributed by atoms with van der Waals surface area (Å²) in [5.74, 6) is 6.07. The third kappa shape index (κ3) is 7.03. The number of fused-ring (bicyclic) bond motifs is 3. The molecule has 2 aromatic carbocycles. The largest absolute Gasteiger partial charge is 0.115 e. The van der Waals surface area contributed by atoms with E-state index in [2.05, 4.69) is 89.9 Å². The van der Waals surface area contributed by atoms with Gasteiger partial charge in [0.1, 0.15) is 0 Å². The molecule has 0 spiro atoms. The molecule has 190 valence electrons. The lowest BCUT2D eigenvalue weighted by atomic mass is 9.69. The Bertz CT molecular complexity index is 946. The molecule has 0 amide bonds. The fourth-order valence-electron chi connectivity index (χ4n) is 6.23. The normalized spacial score (nSPS) is 18.4. The van der Waals surface area contributed by atoms with Crippen LogP contribution in [0.5, 0.6) is 0 Å². The lowest BCUT2D eigenvalue weighted by Crippen LogP contribution is -2.27. The lowest BCUT2D eigenvalue weighted by molar-refractivity contribution is 0.327. The van der Waals surface area contributed by atoms with Gasteiger partial charge < -0.3 is 0 Å². The number of hydrogen-bond acceptors (Lipinski definition) is 0. The van der Waals surface area contributed by atoms with E-state index in [1.807, 2.05) is 0 Å². The molecule has 0 heterocycles. The maximum atomic E-state index is 5.89. The Morgan fingerprint density at radius 2 is 1.20 bits per heavy atom. The summed E-state index contributed by atoms with van der Waals surface area (Å²) in [6, 6.07) is 16.0. The molecular weight excluding hydrogens is 420 g/mol. The molecule has 35 heavy (non-hydrogen) atoms. The summed E-state index contributed by atoms with van der Waals surface area (Å²) in [7, 11) is 0. The van der Waals surface area contributed by atoms with Gasteiger partial charge >= 0.3 is 0 Å². The average Bonchev–Trinajstić information content (AvgIpc) is 3.10. The molecule has 1 aliphatic rings. The van der Waals surface area contributed by atoms with Crippen molar-refractivity contribution in [2.24, 2.45) is 23.7 Å². The fourth-order valence-corrected chi connectivity index (χ4v) is 6.23. The number of benzene rings is 2. The summed E-state index contributed by atoms with van der Waals surface area (Å²) < 4.78 is 0. The monoisotopic (exact) mass is 470 g/mol. The first-order chi connectivity index (χ1) is 16.8. The van der Waals surface area contributed by atoms with Crippen molar-refractivity contribution in [3.05, 3.63) is 59.2 Å². The minimum atomic E-state index is 0.0946. The topological polar surface area (TPSA) is 0 Å². The molecule has 0 aliphatic heterocycles. The van der Waals surface area contributed by atoms with E-state index < -0.39 is 0 Å². The number of hydrogen-bond donors (Lipinski definition) is 0. The van der Waals surface area contributed by atoms with Crippen LogP contribution in [-0.4, -0.2) is 0 Å². The Morgan fingerprint density at radius 1 is 0.657 bits per heavy atom. The van der Waals surface area contributed by atoms with E-state index in [0.29, 0.717) is 0 Å². The van der Waals surface area contributed by atoms with Gasteiger partial charge in [0.2, 0.25) is 0 Å². The highest BCUT2D eigenvalue weighted by atomic mass is 14.5. The SMILES string of the molecule is C#Cc1ccc2c(c1)C(CCC(C)CCCC(C)C)(CCC(C)CCCC(C)C)c1ccccc1-2. The number of rotatable bonds is 14. The second-order valence-electron chi connectivity index (χ2n) is 12.5. The van der Waals surface area contributed by atoms with E-state index in [1.54, 1.807) is 5.56 Å². The standard InChI is InChI=1S/C35H50/c1-8-30-19-20-32-31-17-9-10-18-33(31)35(34(32)25-30,23-21-28(6)15-11-13-26(2)3)24-22-29(7)16-12-14-27(4)5/h1,9-10,17-20,25-29H,11-16,21-24H2,2-7H3. The molecule has 0 saturated carbocycles. The first kappa shape index (κ1) is 27.6. The minimum absolute atomic E-state index is 0.0946. The van der Waals surface area contributed by atoms with E-state index in [-0.39, 0.29) is 5.41 Å². The van der Waals surface area contributed by atoms with Crippen LogP contribution in [0, 0.1) is 36.0 Å². The van der Waals surface area contributed by atoms with Gasteiger partial charge in [-0.1, -0.05) is 116 Å². The predicted molar refractivity (Wildman–Crippen MR) is 155 cm³/mol. The quantitative estimate of drug-likeness (QED) is 0.241. The lowest BCUT2D eigenvalue weighted by Gasteiger charge is -2.35. The Balaban J connectivity index is 1.87. The fraction of sp³-hybridized carbons (Fsp3) is 0.600. The van der Waals surface area contributed by atoms with Crippen LogP contribution < -0.4 is 0 Å². The van der Waals surface area contributed by atoms with Crippen molar-refractivity contribution in [3.63, 3.8) is 0 Å². The molecule has 0 aromatic heterocycles. The van der Waals surface area contributed by atoms with Crippen LogP contribution >= 0.6 is 0 Å². The predicted octanol–water partition coefficient (Wildman–Crippen LogP) is 10.4. The second kappa shape index (κ2) is 12.8. The maximum Gasteiger partial charge on any atom is 0.0246 e. The van der Waals surface area contributed by atoms with Gasteiger partial charge in [0.25, 0.3) is 0 Å². The Hall–Kier alpha value is -2.00. The molecule has 0 saturated heterocycles. The molecule has 2 atom stereocenters. The highest BCUT2D eigenvalue weighted by molar-refractivity contribution is 5.81. The van der Waals surface area contributed by atoms with Crippen LogP contribution in [0.1, 0.15) is 122 Å². The molecule has 0 heteroatoms. The summed E-state index contributed by atoms with van der Waals surface area (Å²) in [5.41, 5.74) is 7.02. The Morgan fingerprint density at radius 3 is 1.74 bits per heavy atom. The molecule has 0 bridgehead atoms. The molecule has 2 aromatic rings. The second-order valence-corrected chi connectivity index (χ2v) is 12.5. The van der Waals surface area contributed by atoms with E-state index in [9.17, 15) is 0 Å². The van der Waals surface area contributed by atoms with Crippen molar-refractivity contribution in [2.75, 3.05) is 0 Å². The third-order valence-corrected chi connectivity index (χ3v) is 8.52. The van der Waals surface area contributed by atoms with Crippen LogP contribution in [-0.2, 0) is 5.41 Å². The molecule has 1 aliphatic carbocycles. The van der Waals surface area contributed by atoms with Gasteiger partial charge in [-0.15, -0.1) is 6.42 Å². The van der Waals surface area contributed by atoms with Gasteiger partial charge in [0.15, 0.2) is 0 Å².